The maximum atomic E-state index is 13.9. The molecule has 0 fully saturated rings. The second-order valence-electron chi connectivity index (χ2n) is 8.84. The first-order chi connectivity index (χ1) is 16.2. The van der Waals surface area contributed by atoms with Crippen LogP contribution in [0.15, 0.2) is 60.7 Å². The van der Waals surface area contributed by atoms with E-state index in [0.29, 0.717) is 17.1 Å². The average Bonchev–Trinajstić information content (AvgIpc) is 2.81. The third-order valence-corrected chi connectivity index (χ3v) is 5.83. The van der Waals surface area contributed by atoms with Crippen LogP contribution in [0.1, 0.15) is 42.3 Å². The molecule has 0 aliphatic carbocycles. The van der Waals surface area contributed by atoms with Crippen molar-refractivity contribution in [2.24, 2.45) is 0 Å². The molecule has 0 spiro atoms. The summed E-state index contributed by atoms with van der Waals surface area (Å²) in [6.07, 6.45) is 2.18. The number of hydrogen-bond acceptors (Lipinski definition) is 5. The molecule has 0 amide bonds. The van der Waals surface area contributed by atoms with Gasteiger partial charge in [0, 0.05) is 28.4 Å². The fraction of sp³-hybridized carbons (Fsp3) is 0.250. The summed E-state index contributed by atoms with van der Waals surface area (Å²) in [7, 11) is 2.87. The summed E-state index contributed by atoms with van der Waals surface area (Å²) in [4.78, 5) is 11.9. The van der Waals surface area contributed by atoms with Crippen molar-refractivity contribution in [2.45, 2.75) is 32.9 Å². The lowest BCUT2D eigenvalue weighted by Crippen LogP contribution is -2.32. The maximum absolute atomic E-state index is 13.9. The third-order valence-electron chi connectivity index (χ3n) is 5.83. The zero-order valence-electron chi connectivity index (χ0n) is 20.0. The maximum Gasteiger partial charge on any atom is 0.337 e. The molecule has 5 nitrogen and oxygen atoms in total. The van der Waals surface area contributed by atoms with Crippen LogP contribution in [0.4, 0.5) is 10.1 Å². The minimum atomic E-state index is -0.426. The smallest absolute Gasteiger partial charge is 0.337 e. The van der Waals surface area contributed by atoms with Gasteiger partial charge in [-0.05, 0) is 68.3 Å². The van der Waals surface area contributed by atoms with Crippen LogP contribution in [0.3, 0.4) is 0 Å². The predicted octanol–water partition coefficient (Wildman–Crippen LogP) is 6.47. The Morgan fingerprint density at radius 3 is 2.53 bits per heavy atom. The number of halogens is 1. The number of allylic oxidation sites excluding steroid dienone is 1. The van der Waals surface area contributed by atoms with Gasteiger partial charge in [0.05, 0.1) is 25.3 Å². The zero-order valence-corrected chi connectivity index (χ0v) is 20.0. The largest absolute Gasteiger partial charge is 0.496 e. The van der Waals surface area contributed by atoms with E-state index < -0.39 is 5.97 Å². The molecule has 176 valence electrons. The quantitative estimate of drug-likeness (QED) is 0.426. The molecule has 0 unspecified atom stereocenters. The molecule has 1 aliphatic heterocycles. The first-order valence-corrected chi connectivity index (χ1v) is 11.0. The molecule has 1 N–H and O–H groups in total. The standard InChI is InChI=1S/C28H28FNO4/c1-17-15-28(2,3)30-24-12-11-21(22-10-9-19(29)14-25(22)32-4)23(26(17)24)16-34-20-8-6-7-18(13-20)27(31)33-5/h6-15,30H,16H2,1-5H3. The molecular weight excluding hydrogens is 433 g/mol. The van der Waals surface area contributed by atoms with E-state index in [1.54, 1.807) is 30.3 Å². The number of benzene rings is 3. The van der Waals surface area contributed by atoms with E-state index in [0.717, 1.165) is 33.5 Å². The Bertz CT molecular complexity index is 1280. The van der Waals surface area contributed by atoms with Crippen molar-refractivity contribution in [2.75, 3.05) is 19.5 Å². The molecule has 0 saturated heterocycles. The molecular formula is C28H28FNO4. The fourth-order valence-electron chi connectivity index (χ4n) is 4.48. The van der Waals surface area contributed by atoms with Crippen molar-refractivity contribution < 1.29 is 23.4 Å². The Morgan fingerprint density at radius 2 is 1.79 bits per heavy atom. The summed E-state index contributed by atoms with van der Waals surface area (Å²) in [5.41, 5.74) is 5.95. The predicted molar refractivity (Wildman–Crippen MR) is 132 cm³/mol. The second-order valence-corrected chi connectivity index (χ2v) is 8.84. The Kier molecular flexibility index (Phi) is 6.33. The molecule has 0 aromatic heterocycles. The third kappa shape index (κ3) is 4.62. The van der Waals surface area contributed by atoms with Crippen molar-refractivity contribution in [1.82, 2.24) is 0 Å². The molecule has 4 rings (SSSR count). The number of fused-ring (bicyclic) bond motifs is 1. The molecule has 34 heavy (non-hydrogen) atoms. The number of esters is 1. The van der Waals surface area contributed by atoms with Crippen LogP contribution in [0.25, 0.3) is 16.7 Å². The van der Waals surface area contributed by atoms with Gasteiger partial charge in [-0.1, -0.05) is 18.2 Å². The Hall–Kier alpha value is -3.80. The molecule has 3 aromatic carbocycles. The normalized spacial score (nSPS) is 13.9. The van der Waals surface area contributed by atoms with Crippen molar-refractivity contribution in [3.05, 3.63) is 83.2 Å². The monoisotopic (exact) mass is 461 g/mol. The summed E-state index contributed by atoms with van der Waals surface area (Å²) >= 11 is 0. The zero-order chi connectivity index (χ0) is 24.5. The number of carbonyl (C=O) groups excluding carboxylic acids is 1. The molecule has 0 bridgehead atoms. The highest BCUT2D eigenvalue weighted by Gasteiger charge is 2.27. The van der Waals surface area contributed by atoms with Crippen LogP contribution in [-0.2, 0) is 11.3 Å². The van der Waals surface area contributed by atoms with Crippen LogP contribution in [0.5, 0.6) is 11.5 Å². The van der Waals surface area contributed by atoms with Gasteiger partial charge in [0.25, 0.3) is 0 Å². The van der Waals surface area contributed by atoms with Crippen LogP contribution < -0.4 is 14.8 Å². The average molecular weight is 462 g/mol. The Morgan fingerprint density at radius 1 is 1.03 bits per heavy atom. The summed E-state index contributed by atoms with van der Waals surface area (Å²) < 4.78 is 30.4. The van der Waals surface area contributed by atoms with E-state index in [2.05, 4.69) is 32.2 Å². The van der Waals surface area contributed by atoms with Gasteiger partial charge in [-0.3, -0.25) is 0 Å². The first-order valence-electron chi connectivity index (χ1n) is 11.0. The highest BCUT2D eigenvalue weighted by atomic mass is 19.1. The van der Waals surface area contributed by atoms with E-state index >= 15 is 0 Å². The van der Waals surface area contributed by atoms with Gasteiger partial charge in [-0.2, -0.15) is 0 Å². The Balaban J connectivity index is 1.82. The van der Waals surface area contributed by atoms with Gasteiger partial charge >= 0.3 is 5.97 Å². The number of hydrogen-bond donors (Lipinski definition) is 1. The number of methoxy groups -OCH3 is 2. The van der Waals surface area contributed by atoms with E-state index in [4.69, 9.17) is 14.2 Å². The van der Waals surface area contributed by atoms with Crippen LogP contribution in [0, 0.1) is 5.82 Å². The lowest BCUT2D eigenvalue weighted by atomic mass is 9.85. The molecule has 6 heteroatoms. The van der Waals surface area contributed by atoms with Gasteiger partial charge in [0.2, 0.25) is 0 Å². The Labute approximate surface area is 199 Å². The van der Waals surface area contributed by atoms with Crippen LogP contribution in [0.2, 0.25) is 0 Å². The topological polar surface area (TPSA) is 56.8 Å². The van der Waals surface area contributed by atoms with Crippen molar-refractivity contribution in [3.63, 3.8) is 0 Å². The number of rotatable bonds is 6. The second kappa shape index (κ2) is 9.21. The van der Waals surface area contributed by atoms with E-state index in [1.165, 1.54) is 26.4 Å². The molecule has 0 radical (unpaired) electrons. The fourth-order valence-corrected chi connectivity index (χ4v) is 4.48. The van der Waals surface area contributed by atoms with E-state index in [1.807, 2.05) is 12.1 Å². The molecule has 0 saturated carbocycles. The first kappa shape index (κ1) is 23.4. The SMILES string of the molecule is COC(=O)c1cccc(OCc2c(-c3ccc(F)cc3OC)ccc3c2C(C)=CC(C)(C)N3)c1. The summed E-state index contributed by atoms with van der Waals surface area (Å²) in [5, 5.41) is 3.57. The van der Waals surface area contributed by atoms with E-state index in [-0.39, 0.29) is 18.0 Å². The minimum absolute atomic E-state index is 0.195. The lowest BCUT2D eigenvalue weighted by Gasteiger charge is -2.33. The highest BCUT2D eigenvalue weighted by molar-refractivity contribution is 5.90. The number of carbonyl (C=O) groups is 1. The lowest BCUT2D eigenvalue weighted by molar-refractivity contribution is 0.0600. The summed E-state index contributed by atoms with van der Waals surface area (Å²) in [5.74, 6) is 0.197. The van der Waals surface area contributed by atoms with Gasteiger partial charge in [0.15, 0.2) is 0 Å². The van der Waals surface area contributed by atoms with Crippen molar-refractivity contribution >= 4 is 17.2 Å². The number of anilines is 1. The van der Waals surface area contributed by atoms with Gasteiger partial charge in [0.1, 0.15) is 23.9 Å². The van der Waals surface area contributed by atoms with Gasteiger partial charge in [-0.15, -0.1) is 0 Å². The van der Waals surface area contributed by atoms with Crippen molar-refractivity contribution in [3.8, 4) is 22.6 Å². The molecule has 1 heterocycles. The van der Waals surface area contributed by atoms with E-state index in [9.17, 15) is 9.18 Å². The minimum Gasteiger partial charge on any atom is -0.496 e. The summed E-state index contributed by atoms with van der Waals surface area (Å²) in [6.45, 7) is 6.54. The van der Waals surface area contributed by atoms with Crippen LogP contribution >= 0.6 is 0 Å². The van der Waals surface area contributed by atoms with Gasteiger partial charge < -0.3 is 19.5 Å². The van der Waals surface area contributed by atoms with Crippen molar-refractivity contribution in [1.29, 1.82) is 0 Å². The number of ether oxygens (including phenoxy) is 3. The van der Waals surface area contributed by atoms with Crippen LogP contribution in [-0.4, -0.2) is 25.7 Å². The molecule has 3 aromatic rings. The van der Waals surface area contributed by atoms with Gasteiger partial charge in [-0.25, -0.2) is 9.18 Å². The number of nitrogens with one attached hydrogen (secondary N) is 1. The molecule has 0 atom stereocenters. The molecule has 1 aliphatic rings. The summed E-state index contributed by atoms with van der Waals surface area (Å²) in [6, 6.07) is 15.4. The highest BCUT2D eigenvalue weighted by Crippen LogP contribution is 2.42.